The Morgan fingerprint density at radius 2 is 1.91 bits per heavy atom. The lowest BCUT2D eigenvalue weighted by Gasteiger charge is -2.29. The van der Waals surface area contributed by atoms with E-state index in [9.17, 15) is 9.18 Å². The van der Waals surface area contributed by atoms with Gasteiger partial charge in [-0.05, 0) is 48.6 Å². The summed E-state index contributed by atoms with van der Waals surface area (Å²) >= 11 is 1.60. The molecule has 2 unspecified atom stereocenters. The number of amides is 1. The van der Waals surface area contributed by atoms with Gasteiger partial charge in [0.15, 0.2) is 5.16 Å². The van der Waals surface area contributed by atoms with Gasteiger partial charge < -0.3 is 9.88 Å². The molecule has 1 aliphatic carbocycles. The first-order valence-corrected chi connectivity index (χ1v) is 13.1. The molecule has 7 heteroatoms. The van der Waals surface area contributed by atoms with Gasteiger partial charge in [0.1, 0.15) is 5.82 Å². The van der Waals surface area contributed by atoms with E-state index >= 15 is 0 Å². The summed E-state index contributed by atoms with van der Waals surface area (Å²) < 4.78 is 16.4. The van der Waals surface area contributed by atoms with Gasteiger partial charge in [-0.1, -0.05) is 61.9 Å². The molecule has 0 aliphatic heterocycles. The molecule has 4 aromatic rings. The lowest BCUT2D eigenvalue weighted by Crippen LogP contribution is -2.41. The molecule has 1 saturated carbocycles. The van der Waals surface area contributed by atoms with E-state index in [-0.39, 0.29) is 17.8 Å². The van der Waals surface area contributed by atoms with E-state index in [4.69, 9.17) is 4.98 Å². The fraction of sp³-hybridized carbons (Fsp3) is 0.321. The fourth-order valence-corrected chi connectivity index (χ4v) is 5.66. The number of halogens is 1. The Hall–Kier alpha value is -3.19. The number of nitrogens with one attached hydrogen (secondary N) is 1. The van der Waals surface area contributed by atoms with Gasteiger partial charge >= 0.3 is 0 Å². The highest BCUT2D eigenvalue weighted by molar-refractivity contribution is 7.98. The quantitative estimate of drug-likeness (QED) is 0.314. The van der Waals surface area contributed by atoms with E-state index in [0.717, 1.165) is 28.2 Å². The van der Waals surface area contributed by atoms with Crippen LogP contribution < -0.4 is 5.32 Å². The monoisotopic (exact) mass is 488 g/mol. The van der Waals surface area contributed by atoms with Crippen molar-refractivity contribution >= 4 is 28.7 Å². The second kappa shape index (κ2) is 10.6. The first kappa shape index (κ1) is 23.5. The molecule has 35 heavy (non-hydrogen) atoms. The number of carbonyl (C=O) groups is 1. The van der Waals surface area contributed by atoms with Gasteiger partial charge in [0, 0.05) is 29.1 Å². The molecule has 1 fully saturated rings. The minimum atomic E-state index is -0.231. The number of nitrogens with zero attached hydrogens (tertiary/aromatic N) is 3. The highest BCUT2D eigenvalue weighted by Crippen LogP contribution is 2.28. The van der Waals surface area contributed by atoms with Gasteiger partial charge in [-0.3, -0.25) is 9.78 Å². The second-order valence-corrected chi connectivity index (χ2v) is 10.2. The highest BCUT2D eigenvalue weighted by atomic mass is 32.2. The van der Waals surface area contributed by atoms with Crippen LogP contribution in [-0.2, 0) is 12.3 Å². The van der Waals surface area contributed by atoms with Crippen LogP contribution in [0, 0.1) is 11.7 Å². The predicted molar refractivity (Wildman–Crippen MR) is 138 cm³/mol. The Bertz CT molecular complexity index is 1320. The van der Waals surface area contributed by atoms with Gasteiger partial charge in [-0.2, -0.15) is 0 Å². The van der Waals surface area contributed by atoms with Crippen LogP contribution in [0.5, 0.6) is 0 Å². The van der Waals surface area contributed by atoms with E-state index in [1.165, 1.54) is 25.3 Å². The minimum Gasteiger partial charge on any atom is -0.349 e. The first-order valence-electron chi connectivity index (χ1n) is 12.1. The maximum atomic E-state index is 14.3. The summed E-state index contributed by atoms with van der Waals surface area (Å²) in [6, 6.07) is 16.7. The summed E-state index contributed by atoms with van der Waals surface area (Å²) in [7, 11) is 0. The third kappa shape index (κ3) is 5.40. The van der Waals surface area contributed by atoms with Crippen molar-refractivity contribution < 1.29 is 9.18 Å². The molecule has 5 nitrogen and oxygen atoms in total. The van der Waals surface area contributed by atoms with Gasteiger partial charge in [0.25, 0.3) is 5.91 Å². The number of pyridine rings is 1. The number of carbonyl (C=O) groups excluding carboxylic acids is 1. The van der Waals surface area contributed by atoms with Crippen molar-refractivity contribution in [1.82, 2.24) is 19.9 Å². The molecule has 0 radical (unpaired) electrons. The van der Waals surface area contributed by atoms with Crippen LogP contribution in [0.2, 0.25) is 0 Å². The lowest BCUT2D eigenvalue weighted by molar-refractivity contribution is 0.0910. The molecule has 0 saturated heterocycles. The van der Waals surface area contributed by atoms with Crippen molar-refractivity contribution in [3.05, 3.63) is 89.5 Å². The molecule has 1 amide bonds. The Kier molecular flexibility index (Phi) is 7.13. The maximum Gasteiger partial charge on any atom is 0.251 e. The first-order chi connectivity index (χ1) is 17.1. The van der Waals surface area contributed by atoms with Crippen LogP contribution in [-0.4, -0.2) is 26.5 Å². The van der Waals surface area contributed by atoms with Crippen molar-refractivity contribution in [2.75, 3.05) is 0 Å². The number of fused-ring (bicyclic) bond motifs is 1. The minimum absolute atomic E-state index is 0.00198. The summed E-state index contributed by atoms with van der Waals surface area (Å²) in [6.07, 6.45) is 8.17. The van der Waals surface area contributed by atoms with Gasteiger partial charge in [-0.25, -0.2) is 9.37 Å². The SMILES string of the molecule is CC1CCCCC1NC(=O)c1ccc(CSc2nc3ccncc3n2Cc2ccccc2F)cc1. The zero-order valence-corrected chi connectivity index (χ0v) is 20.6. The number of hydrogen-bond donors (Lipinski definition) is 1. The largest absolute Gasteiger partial charge is 0.349 e. The van der Waals surface area contributed by atoms with Crippen LogP contribution in [0.15, 0.2) is 72.1 Å². The van der Waals surface area contributed by atoms with Crippen molar-refractivity contribution in [1.29, 1.82) is 0 Å². The van der Waals surface area contributed by atoms with Crippen LogP contribution in [0.4, 0.5) is 4.39 Å². The summed E-state index contributed by atoms with van der Waals surface area (Å²) in [6.45, 7) is 2.61. The Morgan fingerprint density at radius 1 is 1.11 bits per heavy atom. The van der Waals surface area contributed by atoms with Crippen LogP contribution in [0.3, 0.4) is 0 Å². The second-order valence-electron chi connectivity index (χ2n) is 9.26. The molecule has 2 atom stereocenters. The number of imidazole rings is 1. The van der Waals surface area contributed by atoms with Crippen molar-refractivity contribution in [3.63, 3.8) is 0 Å². The normalized spacial score (nSPS) is 18.0. The summed E-state index contributed by atoms with van der Waals surface area (Å²) in [5.74, 6) is 0.991. The average molecular weight is 489 g/mol. The van der Waals surface area contributed by atoms with Gasteiger partial charge in [-0.15, -0.1) is 0 Å². The average Bonchev–Trinajstić information content (AvgIpc) is 3.23. The summed E-state index contributed by atoms with van der Waals surface area (Å²) in [4.78, 5) is 21.7. The molecule has 1 N–H and O–H groups in total. The van der Waals surface area contributed by atoms with E-state index in [2.05, 4.69) is 17.2 Å². The third-order valence-electron chi connectivity index (χ3n) is 6.81. The van der Waals surface area contributed by atoms with Gasteiger partial charge in [0.2, 0.25) is 0 Å². The molecule has 2 aromatic heterocycles. The fourth-order valence-electron chi connectivity index (χ4n) is 4.69. The number of thioether (sulfide) groups is 1. The van der Waals surface area contributed by atoms with Crippen molar-refractivity contribution in [2.24, 2.45) is 5.92 Å². The number of aromatic nitrogens is 3. The van der Waals surface area contributed by atoms with E-state index in [1.54, 1.807) is 36.3 Å². The molecule has 0 spiro atoms. The van der Waals surface area contributed by atoms with Crippen molar-refractivity contribution in [2.45, 2.75) is 56.1 Å². The Balaban J connectivity index is 1.29. The van der Waals surface area contributed by atoms with Crippen LogP contribution in [0.1, 0.15) is 54.1 Å². The topological polar surface area (TPSA) is 59.8 Å². The van der Waals surface area contributed by atoms with E-state index in [1.807, 2.05) is 41.0 Å². The predicted octanol–water partition coefficient (Wildman–Crippen LogP) is 6.22. The summed E-state index contributed by atoms with van der Waals surface area (Å²) in [5, 5.41) is 4.03. The molecular weight excluding hydrogens is 459 g/mol. The number of benzene rings is 2. The molecular formula is C28H29FN4OS. The molecule has 0 bridgehead atoms. The lowest BCUT2D eigenvalue weighted by atomic mass is 9.86. The smallest absolute Gasteiger partial charge is 0.251 e. The third-order valence-corrected chi connectivity index (χ3v) is 7.86. The van der Waals surface area contributed by atoms with Crippen molar-refractivity contribution in [3.8, 4) is 0 Å². The number of hydrogen-bond acceptors (Lipinski definition) is 4. The maximum absolute atomic E-state index is 14.3. The molecule has 2 aromatic carbocycles. The van der Waals surface area contributed by atoms with E-state index < -0.39 is 0 Å². The van der Waals surface area contributed by atoms with Crippen LogP contribution >= 0.6 is 11.8 Å². The molecule has 2 heterocycles. The van der Waals surface area contributed by atoms with Gasteiger partial charge in [0.05, 0.1) is 23.8 Å². The zero-order chi connectivity index (χ0) is 24.2. The zero-order valence-electron chi connectivity index (χ0n) is 19.8. The summed E-state index contributed by atoms with van der Waals surface area (Å²) in [5.41, 5.74) is 4.11. The van der Waals surface area contributed by atoms with E-state index in [0.29, 0.717) is 29.3 Å². The Labute approximate surface area is 209 Å². The highest BCUT2D eigenvalue weighted by Gasteiger charge is 2.23. The van der Waals surface area contributed by atoms with Crippen LogP contribution in [0.25, 0.3) is 11.0 Å². The molecule has 1 aliphatic rings. The number of rotatable bonds is 7. The Morgan fingerprint density at radius 3 is 2.71 bits per heavy atom. The molecule has 180 valence electrons. The molecule has 5 rings (SSSR count). The standard InChI is InChI=1S/C28H29FN4OS/c1-19-6-2-5-9-24(19)31-27(34)21-12-10-20(11-13-21)18-35-28-32-25-14-15-30-16-26(25)33(28)17-22-7-3-4-8-23(22)29/h3-4,7-8,10-16,19,24H,2,5-6,9,17-18H2,1H3,(H,31,34).